The Morgan fingerprint density at radius 2 is 1.86 bits per heavy atom. The first-order valence-electron chi connectivity index (χ1n) is 10.5. The number of hydrogen-bond acceptors (Lipinski definition) is 5. The average molecular weight is 404 g/mol. The number of benzene rings is 1. The first-order valence-corrected chi connectivity index (χ1v) is 10.5. The lowest BCUT2D eigenvalue weighted by Gasteiger charge is -2.33. The molecule has 0 unspecified atom stereocenters. The molecule has 1 aliphatic rings. The number of nitrogens with zero attached hydrogens (tertiary/aromatic N) is 1. The van der Waals surface area contributed by atoms with Crippen molar-refractivity contribution in [1.29, 1.82) is 0 Å². The van der Waals surface area contributed by atoms with E-state index in [1.54, 1.807) is 13.0 Å². The van der Waals surface area contributed by atoms with Gasteiger partial charge in [-0.05, 0) is 57.7 Å². The second-order valence-corrected chi connectivity index (χ2v) is 7.88. The van der Waals surface area contributed by atoms with Crippen LogP contribution < -0.4 is 15.5 Å². The summed E-state index contributed by atoms with van der Waals surface area (Å²) in [6, 6.07) is 5.43. The van der Waals surface area contributed by atoms with Gasteiger partial charge < -0.3 is 20.3 Å². The Morgan fingerprint density at radius 3 is 2.48 bits per heavy atom. The fraction of sp³-hybridized carbons (Fsp3) is 0.591. The van der Waals surface area contributed by atoms with E-state index in [4.69, 9.17) is 4.74 Å². The van der Waals surface area contributed by atoms with Crippen LogP contribution in [0.15, 0.2) is 18.2 Å². The maximum absolute atomic E-state index is 12.8. The van der Waals surface area contributed by atoms with E-state index in [1.165, 1.54) is 0 Å². The van der Waals surface area contributed by atoms with Crippen molar-refractivity contribution < 1.29 is 19.1 Å². The molecule has 0 aliphatic carbocycles. The monoisotopic (exact) mass is 403 g/mol. The number of carbonyl (C=O) groups excluding carboxylic acids is 3. The molecule has 2 amide bonds. The van der Waals surface area contributed by atoms with Crippen LogP contribution in [0.1, 0.15) is 63.7 Å². The molecule has 29 heavy (non-hydrogen) atoms. The summed E-state index contributed by atoms with van der Waals surface area (Å²) < 4.78 is 4.84. The summed E-state index contributed by atoms with van der Waals surface area (Å²) in [5.74, 6) is -0.143. The maximum atomic E-state index is 12.8. The summed E-state index contributed by atoms with van der Waals surface area (Å²) in [5.41, 5.74) is 1.98. The molecule has 1 aromatic carbocycles. The number of rotatable bonds is 8. The number of esters is 1. The van der Waals surface area contributed by atoms with Crippen molar-refractivity contribution >= 4 is 29.2 Å². The van der Waals surface area contributed by atoms with Crippen molar-refractivity contribution in [2.75, 3.05) is 29.9 Å². The van der Waals surface area contributed by atoms with Crippen molar-refractivity contribution in [3.63, 3.8) is 0 Å². The molecule has 1 saturated heterocycles. The molecule has 2 rings (SSSR count). The molecule has 0 saturated carbocycles. The zero-order valence-electron chi connectivity index (χ0n) is 17.9. The van der Waals surface area contributed by atoms with Crippen molar-refractivity contribution in [1.82, 2.24) is 5.32 Å². The summed E-state index contributed by atoms with van der Waals surface area (Å²) in [6.45, 7) is 9.93. The number of piperidine rings is 1. The Hall–Kier alpha value is -2.57. The van der Waals surface area contributed by atoms with Crippen LogP contribution in [0, 0.1) is 5.92 Å². The Bertz CT molecular complexity index is 725. The van der Waals surface area contributed by atoms with Crippen molar-refractivity contribution in [2.24, 2.45) is 5.92 Å². The normalized spacial score (nSPS) is 14.6. The minimum Gasteiger partial charge on any atom is -0.466 e. The van der Waals surface area contributed by atoms with E-state index in [1.807, 2.05) is 26.0 Å². The quantitative estimate of drug-likeness (QED) is 0.650. The van der Waals surface area contributed by atoms with Gasteiger partial charge in [-0.25, -0.2) is 0 Å². The molecule has 7 heteroatoms. The molecule has 0 atom stereocenters. The van der Waals surface area contributed by atoms with Gasteiger partial charge in [0.15, 0.2) is 0 Å². The van der Waals surface area contributed by atoms with E-state index in [9.17, 15) is 14.4 Å². The van der Waals surface area contributed by atoms with Crippen LogP contribution in [0.4, 0.5) is 11.4 Å². The highest BCUT2D eigenvalue weighted by molar-refractivity contribution is 6.02. The molecule has 7 nitrogen and oxygen atoms in total. The average Bonchev–Trinajstić information content (AvgIpc) is 2.67. The third-order valence-corrected chi connectivity index (χ3v) is 4.93. The van der Waals surface area contributed by atoms with Gasteiger partial charge in [-0.2, -0.15) is 0 Å². The van der Waals surface area contributed by atoms with Crippen LogP contribution in [0.2, 0.25) is 0 Å². The lowest BCUT2D eigenvalue weighted by Crippen LogP contribution is -2.36. The predicted octanol–water partition coefficient (Wildman–Crippen LogP) is 3.34. The minimum absolute atomic E-state index is 0.0135. The second-order valence-electron chi connectivity index (χ2n) is 7.88. The standard InChI is InChI=1S/C22H33N3O4/c1-5-29-21(27)9-8-20(26)24-17-6-7-19(25-12-10-16(4)11-13-25)18(14-17)22(28)23-15(2)3/h6-7,14-16H,5,8-13H2,1-4H3,(H,23,28)(H,24,26). The molecule has 2 N–H and O–H groups in total. The highest BCUT2D eigenvalue weighted by Gasteiger charge is 2.22. The topological polar surface area (TPSA) is 87.7 Å². The summed E-state index contributed by atoms with van der Waals surface area (Å²) >= 11 is 0. The fourth-order valence-corrected chi connectivity index (χ4v) is 3.33. The molecule has 1 aliphatic heterocycles. The van der Waals surface area contributed by atoms with Crippen LogP contribution in [-0.2, 0) is 14.3 Å². The first kappa shape index (κ1) is 22.7. The zero-order chi connectivity index (χ0) is 21.4. The van der Waals surface area contributed by atoms with Gasteiger partial charge >= 0.3 is 5.97 Å². The molecule has 0 aromatic heterocycles. The van der Waals surface area contributed by atoms with Gasteiger partial charge in [0.25, 0.3) is 5.91 Å². The van der Waals surface area contributed by atoms with Crippen molar-refractivity contribution in [3.05, 3.63) is 23.8 Å². The van der Waals surface area contributed by atoms with E-state index in [2.05, 4.69) is 22.5 Å². The molecule has 1 aromatic rings. The molecular formula is C22H33N3O4. The van der Waals surface area contributed by atoms with E-state index in [-0.39, 0.29) is 30.7 Å². The van der Waals surface area contributed by atoms with Crippen LogP contribution >= 0.6 is 0 Å². The van der Waals surface area contributed by atoms with E-state index < -0.39 is 5.97 Å². The number of nitrogens with one attached hydrogen (secondary N) is 2. The Labute approximate surface area is 173 Å². The summed E-state index contributed by atoms with van der Waals surface area (Å²) in [7, 11) is 0. The van der Waals surface area contributed by atoms with Gasteiger partial charge in [0.2, 0.25) is 5.91 Å². The smallest absolute Gasteiger partial charge is 0.306 e. The van der Waals surface area contributed by atoms with Gasteiger partial charge in [0.1, 0.15) is 0 Å². The van der Waals surface area contributed by atoms with Gasteiger partial charge in [0, 0.05) is 36.9 Å². The SMILES string of the molecule is CCOC(=O)CCC(=O)Nc1ccc(N2CCC(C)CC2)c(C(=O)NC(C)C)c1. The van der Waals surface area contributed by atoms with E-state index in [0.717, 1.165) is 31.6 Å². The molecule has 1 fully saturated rings. The molecule has 1 heterocycles. The van der Waals surface area contributed by atoms with Gasteiger partial charge in [-0.1, -0.05) is 6.92 Å². The highest BCUT2D eigenvalue weighted by atomic mass is 16.5. The number of ether oxygens (including phenoxy) is 1. The lowest BCUT2D eigenvalue weighted by molar-refractivity contribution is -0.144. The van der Waals surface area contributed by atoms with Gasteiger partial charge in [0.05, 0.1) is 18.6 Å². The Kier molecular flexibility index (Phi) is 8.49. The number of carbonyl (C=O) groups is 3. The zero-order valence-corrected chi connectivity index (χ0v) is 17.9. The van der Waals surface area contributed by atoms with Gasteiger partial charge in [-0.3, -0.25) is 14.4 Å². The van der Waals surface area contributed by atoms with Crippen molar-refractivity contribution in [2.45, 2.75) is 59.4 Å². The van der Waals surface area contributed by atoms with E-state index >= 15 is 0 Å². The third kappa shape index (κ3) is 7.07. The van der Waals surface area contributed by atoms with Crippen LogP contribution in [-0.4, -0.2) is 43.5 Å². The fourth-order valence-electron chi connectivity index (χ4n) is 3.33. The van der Waals surface area contributed by atoms with Crippen LogP contribution in [0.25, 0.3) is 0 Å². The number of hydrogen-bond donors (Lipinski definition) is 2. The first-order chi connectivity index (χ1) is 13.8. The summed E-state index contributed by atoms with van der Waals surface area (Å²) in [4.78, 5) is 38.6. The molecule has 0 radical (unpaired) electrons. The molecule has 0 bridgehead atoms. The van der Waals surface area contributed by atoms with E-state index in [0.29, 0.717) is 23.8 Å². The van der Waals surface area contributed by atoms with Crippen LogP contribution in [0.5, 0.6) is 0 Å². The predicted molar refractivity (Wildman–Crippen MR) is 114 cm³/mol. The lowest BCUT2D eigenvalue weighted by atomic mass is 9.97. The summed E-state index contributed by atoms with van der Waals surface area (Å²) in [6.07, 6.45) is 2.26. The van der Waals surface area contributed by atoms with Crippen molar-refractivity contribution in [3.8, 4) is 0 Å². The highest BCUT2D eigenvalue weighted by Crippen LogP contribution is 2.29. The molecule has 160 valence electrons. The Balaban J connectivity index is 2.14. The Morgan fingerprint density at radius 1 is 1.17 bits per heavy atom. The third-order valence-electron chi connectivity index (χ3n) is 4.93. The maximum Gasteiger partial charge on any atom is 0.306 e. The number of anilines is 2. The molecule has 0 spiro atoms. The second kappa shape index (κ2) is 10.8. The van der Waals surface area contributed by atoms with Crippen LogP contribution in [0.3, 0.4) is 0 Å². The largest absolute Gasteiger partial charge is 0.466 e. The van der Waals surface area contributed by atoms with Gasteiger partial charge in [-0.15, -0.1) is 0 Å². The molecular weight excluding hydrogens is 370 g/mol. The minimum atomic E-state index is -0.394. The summed E-state index contributed by atoms with van der Waals surface area (Å²) in [5, 5.41) is 5.72. The number of amides is 2.